The second-order valence-corrected chi connectivity index (χ2v) is 10.5. The predicted octanol–water partition coefficient (Wildman–Crippen LogP) is 3.53. The van der Waals surface area contributed by atoms with Crippen molar-refractivity contribution in [3.8, 4) is 0 Å². The molecule has 13 heteroatoms. The van der Waals surface area contributed by atoms with Crippen molar-refractivity contribution in [1.82, 2.24) is 10.2 Å². The molecule has 2 aromatic rings. The summed E-state index contributed by atoms with van der Waals surface area (Å²) in [5, 5.41) is 14.4. The van der Waals surface area contributed by atoms with E-state index in [9.17, 15) is 28.1 Å². The van der Waals surface area contributed by atoms with Gasteiger partial charge in [0.1, 0.15) is 12.6 Å². The second-order valence-electron chi connectivity index (χ2n) is 7.79. The van der Waals surface area contributed by atoms with Crippen LogP contribution in [0.4, 0.5) is 11.4 Å². The number of hydrogen-bond donors (Lipinski definition) is 1. The van der Waals surface area contributed by atoms with Crippen LogP contribution in [0.1, 0.15) is 25.0 Å². The predicted molar refractivity (Wildman–Crippen MR) is 135 cm³/mol. The summed E-state index contributed by atoms with van der Waals surface area (Å²) in [6.07, 6.45) is 0.890. The number of carbonyl (C=O) groups excluding carboxylic acids is 2. The maximum absolute atomic E-state index is 13.5. The Balaban J connectivity index is 2.53. The van der Waals surface area contributed by atoms with E-state index in [0.717, 1.165) is 16.6 Å². The lowest BCUT2D eigenvalue weighted by Gasteiger charge is -2.32. The van der Waals surface area contributed by atoms with Gasteiger partial charge in [0.25, 0.3) is 5.69 Å². The van der Waals surface area contributed by atoms with Crippen molar-refractivity contribution in [1.29, 1.82) is 0 Å². The van der Waals surface area contributed by atoms with Gasteiger partial charge >= 0.3 is 0 Å². The van der Waals surface area contributed by atoms with Gasteiger partial charge in [-0.3, -0.25) is 24.0 Å². The van der Waals surface area contributed by atoms with Crippen molar-refractivity contribution in [2.24, 2.45) is 0 Å². The minimum atomic E-state index is -4.05. The third-order valence-corrected chi connectivity index (χ3v) is 7.09. The van der Waals surface area contributed by atoms with Crippen LogP contribution < -0.4 is 9.62 Å². The number of carbonyl (C=O) groups is 2. The smallest absolute Gasteiger partial charge is 0.271 e. The molecule has 0 saturated heterocycles. The van der Waals surface area contributed by atoms with E-state index in [4.69, 9.17) is 23.2 Å². The molecule has 1 atom stereocenters. The topological polar surface area (TPSA) is 130 Å². The van der Waals surface area contributed by atoms with Crippen LogP contribution in [0.15, 0.2) is 36.4 Å². The molecule has 35 heavy (non-hydrogen) atoms. The molecule has 1 N–H and O–H groups in total. The Hall–Kier alpha value is -2.89. The maximum atomic E-state index is 13.5. The van der Waals surface area contributed by atoms with Crippen LogP contribution in [0.25, 0.3) is 0 Å². The largest absolute Gasteiger partial charge is 0.355 e. The number of likely N-dealkylation sites (N-methyl/N-ethyl adjacent to an activating group) is 1. The summed E-state index contributed by atoms with van der Waals surface area (Å²) >= 11 is 12.5. The summed E-state index contributed by atoms with van der Waals surface area (Å²) in [6.45, 7) is 4.24. The van der Waals surface area contributed by atoms with Crippen molar-refractivity contribution in [3.05, 3.63) is 67.7 Å². The third-order valence-electron chi connectivity index (χ3n) is 5.26. The monoisotopic (exact) mass is 544 g/mol. The number of hydrogen-bond acceptors (Lipinski definition) is 6. The minimum Gasteiger partial charge on any atom is -0.355 e. The molecule has 10 nitrogen and oxygen atoms in total. The number of rotatable bonds is 10. The average molecular weight is 545 g/mol. The molecule has 0 aliphatic rings. The molecule has 2 aromatic carbocycles. The molecule has 0 aliphatic heterocycles. The first-order valence-corrected chi connectivity index (χ1v) is 13.1. The van der Waals surface area contributed by atoms with E-state index >= 15 is 0 Å². The van der Waals surface area contributed by atoms with Crippen LogP contribution in [0.2, 0.25) is 10.0 Å². The zero-order chi connectivity index (χ0) is 26.5. The van der Waals surface area contributed by atoms with Gasteiger partial charge in [0, 0.05) is 40.8 Å². The Bertz CT molecular complexity index is 1220. The van der Waals surface area contributed by atoms with Gasteiger partial charge in [-0.1, -0.05) is 35.3 Å². The molecule has 0 radical (unpaired) electrons. The zero-order valence-electron chi connectivity index (χ0n) is 19.6. The van der Waals surface area contributed by atoms with Crippen LogP contribution in [0, 0.1) is 17.0 Å². The molecule has 2 rings (SSSR count). The van der Waals surface area contributed by atoms with Crippen molar-refractivity contribution in [2.45, 2.75) is 33.4 Å². The normalized spacial score (nSPS) is 12.1. The van der Waals surface area contributed by atoms with Gasteiger partial charge in [-0.05, 0) is 38.5 Å². The summed E-state index contributed by atoms with van der Waals surface area (Å²) < 4.78 is 26.1. The van der Waals surface area contributed by atoms with E-state index in [1.54, 1.807) is 32.0 Å². The highest BCUT2D eigenvalue weighted by atomic mass is 35.5. The molecule has 0 spiro atoms. The molecular weight excluding hydrogens is 519 g/mol. The number of aryl methyl sites for hydroxylation is 1. The van der Waals surface area contributed by atoms with E-state index in [0.29, 0.717) is 17.7 Å². The van der Waals surface area contributed by atoms with Gasteiger partial charge in [0.05, 0.1) is 16.9 Å². The van der Waals surface area contributed by atoms with Crippen molar-refractivity contribution >= 4 is 56.4 Å². The average Bonchev–Trinajstić information content (AvgIpc) is 2.76. The lowest BCUT2D eigenvalue weighted by atomic mass is 10.1. The van der Waals surface area contributed by atoms with Crippen molar-refractivity contribution in [2.75, 3.05) is 23.7 Å². The molecule has 0 fully saturated rings. The molecule has 0 saturated carbocycles. The molecule has 0 unspecified atom stereocenters. The van der Waals surface area contributed by atoms with E-state index in [2.05, 4.69) is 5.32 Å². The molecular formula is C22H26Cl2N4O6S. The molecule has 0 aliphatic carbocycles. The van der Waals surface area contributed by atoms with Crippen LogP contribution in [-0.4, -0.2) is 55.4 Å². The van der Waals surface area contributed by atoms with E-state index in [1.807, 2.05) is 0 Å². The molecule has 190 valence electrons. The Kier molecular flexibility index (Phi) is 9.47. The molecule has 0 heterocycles. The van der Waals surface area contributed by atoms with E-state index in [1.165, 1.54) is 24.0 Å². The van der Waals surface area contributed by atoms with Gasteiger partial charge < -0.3 is 10.2 Å². The highest BCUT2D eigenvalue weighted by molar-refractivity contribution is 7.92. The van der Waals surface area contributed by atoms with Crippen LogP contribution in [-0.2, 0) is 26.2 Å². The summed E-state index contributed by atoms with van der Waals surface area (Å²) in [5.41, 5.74) is 0.447. The van der Waals surface area contributed by atoms with Gasteiger partial charge in [-0.25, -0.2) is 8.42 Å². The lowest BCUT2D eigenvalue weighted by Crippen LogP contribution is -2.51. The number of nitrogens with one attached hydrogen (secondary N) is 1. The number of benzene rings is 2. The second kappa shape index (κ2) is 11.7. The number of nitro benzene ring substituents is 1. The fourth-order valence-electron chi connectivity index (χ4n) is 3.33. The Labute approximate surface area is 214 Å². The van der Waals surface area contributed by atoms with Crippen LogP contribution in [0.5, 0.6) is 0 Å². The standard InChI is InChI=1S/C22H26Cl2N4O6S/c1-5-25-22(30)15(3)26(12-17-18(23)7-6-8-19(17)24)21(29)13-27(35(4,33)34)20-11-16(28(31)32)10-9-14(20)2/h6-11,15H,5,12-13H2,1-4H3,(H,25,30)/t15-/m1/s1. The summed E-state index contributed by atoms with van der Waals surface area (Å²) in [4.78, 5) is 37.9. The number of anilines is 1. The van der Waals surface area contributed by atoms with Crippen LogP contribution in [0.3, 0.4) is 0 Å². The van der Waals surface area contributed by atoms with Gasteiger partial charge in [-0.2, -0.15) is 0 Å². The number of nitro groups is 1. The third kappa shape index (κ3) is 7.06. The first kappa shape index (κ1) is 28.3. The minimum absolute atomic E-state index is 0.0172. The number of amides is 2. The van der Waals surface area contributed by atoms with Crippen molar-refractivity contribution < 1.29 is 22.9 Å². The van der Waals surface area contributed by atoms with Gasteiger partial charge in [0.15, 0.2) is 0 Å². The van der Waals surface area contributed by atoms with Gasteiger partial charge in [-0.15, -0.1) is 0 Å². The first-order valence-electron chi connectivity index (χ1n) is 10.5. The molecule has 0 aromatic heterocycles. The quantitative estimate of drug-likeness (QED) is 0.359. The highest BCUT2D eigenvalue weighted by Crippen LogP contribution is 2.29. The molecule has 0 bridgehead atoms. The van der Waals surface area contributed by atoms with Crippen molar-refractivity contribution in [3.63, 3.8) is 0 Å². The summed E-state index contributed by atoms with van der Waals surface area (Å²) in [6, 6.07) is 7.52. The SMILES string of the molecule is CCNC(=O)[C@@H](C)N(Cc1c(Cl)cccc1Cl)C(=O)CN(c1cc([N+](=O)[O-])ccc1C)S(C)(=O)=O. The Morgan fingerprint density at radius 2 is 1.77 bits per heavy atom. The lowest BCUT2D eigenvalue weighted by molar-refractivity contribution is -0.384. The highest BCUT2D eigenvalue weighted by Gasteiger charge is 2.31. The van der Waals surface area contributed by atoms with Crippen LogP contribution >= 0.6 is 23.2 Å². The Morgan fingerprint density at radius 1 is 1.17 bits per heavy atom. The number of non-ortho nitro benzene ring substituents is 1. The maximum Gasteiger partial charge on any atom is 0.271 e. The first-order chi connectivity index (χ1) is 16.3. The summed E-state index contributed by atoms with van der Waals surface area (Å²) in [7, 11) is -4.05. The molecule has 2 amide bonds. The fraction of sp³-hybridized carbons (Fsp3) is 0.364. The number of halogens is 2. The van der Waals surface area contributed by atoms with Gasteiger partial charge in [0.2, 0.25) is 21.8 Å². The fourth-order valence-corrected chi connectivity index (χ4v) is 4.75. The van der Waals surface area contributed by atoms with E-state index in [-0.39, 0.29) is 28.0 Å². The number of nitrogens with zero attached hydrogens (tertiary/aromatic N) is 3. The number of sulfonamides is 1. The Morgan fingerprint density at radius 3 is 2.29 bits per heavy atom. The summed E-state index contributed by atoms with van der Waals surface area (Å²) in [5.74, 6) is -1.18. The van der Waals surface area contributed by atoms with E-state index < -0.39 is 39.3 Å². The zero-order valence-corrected chi connectivity index (χ0v) is 21.9.